The van der Waals surface area contributed by atoms with Crippen molar-refractivity contribution in [2.24, 2.45) is 0 Å². The number of ether oxygens (including phenoxy) is 1. The number of hydrogen-bond acceptors (Lipinski definition) is 4. The summed E-state index contributed by atoms with van der Waals surface area (Å²) in [5.41, 5.74) is 1.63. The van der Waals surface area contributed by atoms with Gasteiger partial charge in [-0.3, -0.25) is 4.98 Å². The predicted octanol–water partition coefficient (Wildman–Crippen LogP) is 3.53. The number of nitrogens with one attached hydrogen (secondary N) is 1. The van der Waals surface area contributed by atoms with Gasteiger partial charge in [0.2, 0.25) is 0 Å². The lowest BCUT2D eigenvalue weighted by Gasteiger charge is -2.14. The molecule has 0 aliphatic rings. The molecule has 1 aromatic heterocycles. The highest BCUT2D eigenvalue weighted by molar-refractivity contribution is 9.10. The van der Waals surface area contributed by atoms with Crippen LogP contribution in [0.15, 0.2) is 47.2 Å². The van der Waals surface area contributed by atoms with Crippen LogP contribution in [0.1, 0.15) is 11.6 Å². The molecule has 4 nitrogen and oxygen atoms in total. The van der Waals surface area contributed by atoms with Crippen LogP contribution < -0.4 is 10.1 Å². The first-order valence-corrected chi connectivity index (χ1v) is 6.43. The van der Waals surface area contributed by atoms with Crippen LogP contribution in [0.4, 0.5) is 5.69 Å². The van der Waals surface area contributed by atoms with Gasteiger partial charge in [0.1, 0.15) is 11.8 Å². The van der Waals surface area contributed by atoms with Crippen molar-refractivity contribution in [2.75, 3.05) is 12.4 Å². The first-order valence-electron chi connectivity index (χ1n) is 5.63. The SMILES string of the molecule is COc1cccc([C@@H](C#N)Nc2cncc(Br)c2)c1. The molecule has 1 atom stereocenters. The first kappa shape index (κ1) is 13.4. The van der Waals surface area contributed by atoms with Crippen LogP contribution in [-0.4, -0.2) is 12.1 Å². The number of methoxy groups -OCH3 is 1. The Hall–Kier alpha value is -2.06. The Kier molecular flexibility index (Phi) is 4.37. The minimum Gasteiger partial charge on any atom is -0.497 e. The fourth-order valence-corrected chi connectivity index (χ4v) is 2.03. The third-order valence-electron chi connectivity index (χ3n) is 2.57. The van der Waals surface area contributed by atoms with E-state index in [1.165, 1.54) is 0 Å². The summed E-state index contributed by atoms with van der Waals surface area (Å²) < 4.78 is 6.02. The van der Waals surface area contributed by atoms with Gasteiger partial charge in [-0.25, -0.2) is 0 Å². The van der Waals surface area contributed by atoms with Crippen molar-refractivity contribution in [1.82, 2.24) is 4.98 Å². The van der Waals surface area contributed by atoms with Crippen molar-refractivity contribution < 1.29 is 4.74 Å². The summed E-state index contributed by atoms with van der Waals surface area (Å²) in [5.74, 6) is 0.729. The number of nitrogens with zero attached hydrogens (tertiary/aromatic N) is 2. The number of hydrogen-bond donors (Lipinski definition) is 1. The highest BCUT2D eigenvalue weighted by Gasteiger charge is 2.11. The zero-order chi connectivity index (χ0) is 13.7. The van der Waals surface area contributed by atoms with Crippen LogP contribution in [0.25, 0.3) is 0 Å². The van der Waals surface area contributed by atoms with Gasteiger partial charge in [0.15, 0.2) is 0 Å². The van der Waals surface area contributed by atoms with Gasteiger partial charge in [0.25, 0.3) is 0 Å². The lowest BCUT2D eigenvalue weighted by atomic mass is 10.1. The van der Waals surface area contributed by atoms with E-state index >= 15 is 0 Å². The Bertz CT molecular complexity index is 610. The quantitative estimate of drug-likeness (QED) is 0.937. The number of nitriles is 1. The third-order valence-corrected chi connectivity index (χ3v) is 3.01. The van der Waals surface area contributed by atoms with E-state index in [2.05, 4.69) is 32.3 Å². The van der Waals surface area contributed by atoms with Crippen LogP contribution in [-0.2, 0) is 0 Å². The molecule has 0 spiro atoms. The first-order chi connectivity index (χ1) is 9.22. The largest absolute Gasteiger partial charge is 0.497 e. The van der Waals surface area contributed by atoms with E-state index < -0.39 is 6.04 Å². The fraction of sp³-hybridized carbons (Fsp3) is 0.143. The summed E-state index contributed by atoms with van der Waals surface area (Å²) in [6.07, 6.45) is 3.37. The molecule has 2 aromatic rings. The molecule has 0 amide bonds. The van der Waals surface area contributed by atoms with Crippen molar-refractivity contribution in [3.8, 4) is 11.8 Å². The number of benzene rings is 1. The van der Waals surface area contributed by atoms with Gasteiger partial charge in [0.05, 0.1) is 25.1 Å². The number of rotatable bonds is 4. The van der Waals surface area contributed by atoms with Crippen LogP contribution in [0.3, 0.4) is 0 Å². The van der Waals surface area contributed by atoms with E-state index in [1.54, 1.807) is 19.5 Å². The van der Waals surface area contributed by atoms with Gasteiger partial charge in [-0.15, -0.1) is 0 Å². The summed E-state index contributed by atoms with van der Waals surface area (Å²) in [6, 6.07) is 11.1. The van der Waals surface area contributed by atoms with E-state index in [4.69, 9.17) is 4.74 Å². The second kappa shape index (κ2) is 6.21. The molecule has 0 saturated heterocycles. The molecule has 0 aliphatic carbocycles. The van der Waals surface area contributed by atoms with Crippen LogP contribution in [0, 0.1) is 11.3 Å². The Morgan fingerprint density at radius 1 is 1.37 bits per heavy atom. The van der Waals surface area contributed by atoms with Crippen molar-refractivity contribution >= 4 is 21.6 Å². The molecule has 0 radical (unpaired) electrons. The minimum atomic E-state index is -0.453. The highest BCUT2D eigenvalue weighted by atomic mass is 79.9. The van der Waals surface area contributed by atoms with E-state index in [1.807, 2.05) is 30.3 Å². The lowest BCUT2D eigenvalue weighted by Crippen LogP contribution is -2.08. The standard InChI is InChI=1S/C14H12BrN3O/c1-19-13-4-2-3-10(5-13)14(7-16)18-12-6-11(15)8-17-9-12/h2-6,8-9,14,18H,1H3/t14-/m1/s1. The van der Waals surface area contributed by atoms with Crippen LogP contribution >= 0.6 is 15.9 Å². The Morgan fingerprint density at radius 3 is 2.89 bits per heavy atom. The summed E-state index contributed by atoms with van der Waals surface area (Å²) >= 11 is 3.35. The van der Waals surface area contributed by atoms with Crippen LogP contribution in [0.5, 0.6) is 5.75 Å². The van der Waals surface area contributed by atoms with E-state index in [0.717, 1.165) is 21.5 Å². The molecule has 0 fully saturated rings. The molecule has 0 bridgehead atoms. The van der Waals surface area contributed by atoms with Crippen molar-refractivity contribution in [2.45, 2.75) is 6.04 Å². The molecule has 2 rings (SSSR count). The summed E-state index contributed by atoms with van der Waals surface area (Å²) in [6.45, 7) is 0. The molecule has 0 unspecified atom stereocenters. The van der Waals surface area contributed by atoms with Crippen molar-refractivity contribution in [3.63, 3.8) is 0 Å². The molecule has 19 heavy (non-hydrogen) atoms. The van der Waals surface area contributed by atoms with Gasteiger partial charge in [-0.05, 0) is 39.7 Å². The maximum absolute atomic E-state index is 9.29. The number of anilines is 1. The lowest BCUT2D eigenvalue weighted by molar-refractivity contribution is 0.414. The van der Waals surface area contributed by atoms with Crippen molar-refractivity contribution in [3.05, 3.63) is 52.8 Å². The van der Waals surface area contributed by atoms with Gasteiger partial charge in [-0.2, -0.15) is 5.26 Å². The van der Waals surface area contributed by atoms with Crippen LogP contribution in [0.2, 0.25) is 0 Å². The normalized spacial score (nSPS) is 11.4. The molecular weight excluding hydrogens is 306 g/mol. The van der Waals surface area contributed by atoms with Gasteiger partial charge in [0, 0.05) is 10.7 Å². The molecular formula is C14H12BrN3O. The predicted molar refractivity (Wildman–Crippen MR) is 76.9 cm³/mol. The highest BCUT2D eigenvalue weighted by Crippen LogP contribution is 2.23. The second-order valence-corrected chi connectivity index (χ2v) is 4.79. The fourth-order valence-electron chi connectivity index (χ4n) is 1.67. The molecule has 0 aliphatic heterocycles. The molecule has 1 aromatic carbocycles. The Labute approximate surface area is 120 Å². The zero-order valence-corrected chi connectivity index (χ0v) is 11.9. The van der Waals surface area contributed by atoms with Gasteiger partial charge >= 0.3 is 0 Å². The van der Waals surface area contributed by atoms with E-state index in [9.17, 15) is 5.26 Å². The molecule has 1 heterocycles. The Morgan fingerprint density at radius 2 is 2.21 bits per heavy atom. The van der Waals surface area contributed by atoms with Gasteiger partial charge in [-0.1, -0.05) is 12.1 Å². The Balaban J connectivity index is 2.23. The molecule has 0 saturated carbocycles. The van der Waals surface area contributed by atoms with E-state index in [-0.39, 0.29) is 0 Å². The smallest absolute Gasteiger partial charge is 0.140 e. The van der Waals surface area contributed by atoms with Crippen molar-refractivity contribution in [1.29, 1.82) is 5.26 Å². The summed E-state index contributed by atoms with van der Waals surface area (Å²) in [4.78, 5) is 4.06. The average Bonchev–Trinajstić information content (AvgIpc) is 2.45. The van der Waals surface area contributed by atoms with E-state index in [0.29, 0.717) is 0 Å². The number of pyridine rings is 1. The average molecular weight is 318 g/mol. The number of halogens is 1. The van der Waals surface area contributed by atoms with Gasteiger partial charge < -0.3 is 10.1 Å². The maximum atomic E-state index is 9.29. The second-order valence-electron chi connectivity index (χ2n) is 3.87. The summed E-state index contributed by atoms with van der Waals surface area (Å²) in [7, 11) is 1.60. The minimum absolute atomic E-state index is 0.453. The topological polar surface area (TPSA) is 57.9 Å². The summed E-state index contributed by atoms with van der Waals surface area (Å²) in [5, 5.41) is 12.4. The molecule has 1 N–H and O–H groups in total. The zero-order valence-electron chi connectivity index (χ0n) is 10.3. The maximum Gasteiger partial charge on any atom is 0.140 e. The molecule has 96 valence electrons. The third kappa shape index (κ3) is 3.46. The monoisotopic (exact) mass is 317 g/mol. The number of aromatic nitrogens is 1. The molecule has 5 heteroatoms.